The third-order valence-electron chi connectivity index (χ3n) is 4.17. The molecule has 1 aliphatic heterocycles. The molecule has 0 aliphatic carbocycles. The van der Waals surface area contributed by atoms with Gasteiger partial charge in [-0.3, -0.25) is 4.99 Å². The first-order valence-electron chi connectivity index (χ1n) is 8.79. The molecule has 0 aromatic carbocycles. The summed E-state index contributed by atoms with van der Waals surface area (Å²) < 4.78 is 7.36. The van der Waals surface area contributed by atoms with Crippen LogP contribution in [0.25, 0.3) is 0 Å². The fourth-order valence-corrected chi connectivity index (χ4v) is 2.81. The minimum absolute atomic E-state index is 0.329. The highest BCUT2D eigenvalue weighted by Crippen LogP contribution is 2.11. The fourth-order valence-electron chi connectivity index (χ4n) is 2.81. The van der Waals surface area contributed by atoms with Gasteiger partial charge in [-0.05, 0) is 25.0 Å². The van der Waals surface area contributed by atoms with Crippen LogP contribution >= 0.6 is 0 Å². The minimum Gasteiger partial charge on any atom is -0.469 e. The molecule has 0 saturated heterocycles. The number of aryl methyl sites for hydroxylation is 1. The topological polar surface area (TPSA) is 80.3 Å². The quantitative estimate of drug-likeness (QED) is 0.459. The van der Waals surface area contributed by atoms with Gasteiger partial charge in [0.1, 0.15) is 17.9 Å². The van der Waals surface area contributed by atoms with Crippen LogP contribution in [0.15, 0.2) is 34.1 Å². The van der Waals surface area contributed by atoms with E-state index in [1.165, 1.54) is 0 Å². The standard InChI is InChI=1S/C17H26N6O/c1-2-3-9-18-17(19-10-8-15-5-4-11-24-15)22-14-6-7-16-20-13-21-23(16)12-14/h4-5,11,13-14H,2-3,6-10,12H2,1H3,(H2,18,19,22). The maximum Gasteiger partial charge on any atom is 0.191 e. The number of guanidine groups is 1. The second kappa shape index (κ2) is 8.52. The van der Waals surface area contributed by atoms with Crippen LogP contribution in [-0.4, -0.2) is 39.9 Å². The van der Waals surface area contributed by atoms with E-state index < -0.39 is 0 Å². The lowest BCUT2D eigenvalue weighted by Crippen LogP contribution is -2.47. The molecule has 7 heteroatoms. The minimum atomic E-state index is 0.329. The Morgan fingerprint density at radius 2 is 2.46 bits per heavy atom. The number of aromatic nitrogens is 3. The van der Waals surface area contributed by atoms with Crippen LogP contribution in [0.5, 0.6) is 0 Å². The van der Waals surface area contributed by atoms with Crippen LogP contribution < -0.4 is 10.6 Å². The lowest BCUT2D eigenvalue weighted by Gasteiger charge is -2.25. The number of furan rings is 1. The third-order valence-corrected chi connectivity index (χ3v) is 4.17. The average molecular weight is 330 g/mol. The highest BCUT2D eigenvalue weighted by atomic mass is 16.3. The number of hydrogen-bond acceptors (Lipinski definition) is 4. The first-order chi connectivity index (χ1) is 11.8. The molecule has 1 atom stereocenters. The first kappa shape index (κ1) is 16.5. The van der Waals surface area contributed by atoms with Gasteiger partial charge < -0.3 is 15.1 Å². The molecule has 3 rings (SSSR count). The van der Waals surface area contributed by atoms with Crippen molar-refractivity contribution in [2.75, 3.05) is 13.1 Å². The summed E-state index contributed by atoms with van der Waals surface area (Å²) in [4.78, 5) is 8.97. The summed E-state index contributed by atoms with van der Waals surface area (Å²) in [6, 6.07) is 4.24. The number of aliphatic imine (C=N–C) groups is 1. The summed E-state index contributed by atoms with van der Waals surface area (Å²) in [6.07, 6.45) is 8.44. The third kappa shape index (κ3) is 4.59. The number of nitrogens with one attached hydrogen (secondary N) is 2. The molecule has 2 aromatic heterocycles. The van der Waals surface area contributed by atoms with E-state index in [1.54, 1.807) is 12.6 Å². The van der Waals surface area contributed by atoms with Gasteiger partial charge in [-0.15, -0.1) is 0 Å². The molecule has 1 aliphatic rings. The molecule has 2 aromatic rings. The van der Waals surface area contributed by atoms with Gasteiger partial charge in [-0.2, -0.15) is 5.10 Å². The smallest absolute Gasteiger partial charge is 0.191 e. The van der Waals surface area contributed by atoms with Crippen molar-refractivity contribution in [3.63, 3.8) is 0 Å². The van der Waals surface area contributed by atoms with Crippen molar-refractivity contribution in [1.82, 2.24) is 25.4 Å². The first-order valence-corrected chi connectivity index (χ1v) is 8.79. The van der Waals surface area contributed by atoms with Crippen LogP contribution in [0.1, 0.15) is 37.8 Å². The van der Waals surface area contributed by atoms with E-state index in [0.29, 0.717) is 6.04 Å². The van der Waals surface area contributed by atoms with E-state index in [2.05, 4.69) is 32.6 Å². The summed E-state index contributed by atoms with van der Waals surface area (Å²) in [5.41, 5.74) is 0. The number of fused-ring (bicyclic) bond motifs is 1. The van der Waals surface area contributed by atoms with E-state index >= 15 is 0 Å². The van der Waals surface area contributed by atoms with Crippen LogP contribution in [0.4, 0.5) is 0 Å². The van der Waals surface area contributed by atoms with Crippen molar-refractivity contribution in [2.45, 2.75) is 51.6 Å². The number of hydrogen-bond donors (Lipinski definition) is 2. The Morgan fingerprint density at radius 1 is 1.50 bits per heavy atom. The molecule has 0 fully saturated rings. The van der Waals surface area contributed by atoms with Gasteiger partial charge in [0.05, 0.1) is 12.8 Å². The van der Waals surface area contributed by atoms with Crippen molar-refractivity contribution in [1.29, 1.82) is 0 Å². The molecule has 0 saturated carbocycles. The van der Waals surface area contributed by atoms with E-state index in [4.69, 9.17) is 4.42 Å². The highest BCUT2D eigenvalue weighted by Gasteiger charge is 2.20. The van der Waals surface area contributed by atoms with Crippen LogP contribution in [-0.2, 0) is 19.4 Å². The van der Waals surface area contributed by atoms with Gasteiger partial charge in [-0.1, -0.05) is 13.3 Å². The van der Waals surface area contributed by atoms with Crippen molar-refractivity contribution < 1.29 is 4.42 Å². The van der Waals surface area contributed by atoms with Crippen LogP contribution in [0.2, 0.25) is 0 Å². The second-order valence-electron chi connectivity index (χ2n) is 6.08. The summed E-state index contributed by atoms with van der Waals surface area (Å²) in [7, 11) is 0. The Balaban J connectivity index is 1.52. The van der Waals surface area contributed by atoms with E-state index in [1.807, 2.05) is 16.8 Å². The fraction of sp³-hybridized carbons (Fsp3) is 0.588. The zero-order valence-corrected chi connectivity index (χ0v) is 14.2. The van der Waals surface area contributed by atoms with Gasteiger partial charge in [0.25, 0.3) is 0 Å². The van der Waals surface area contributed by atoms with E-state index in [0.717, 1.165) is 69.3 Å². The molecular formula is C17H26N6O. The summed E-state index contributed by atoms with van der Waals surface area (Å²) >= 11 is 0. The average Bonchev–Trinajstić information content (AvgIpc) is 3.25. The van der Waals surface area contributed by atoms with Gasteiger partial charge >= 0.3 is 0 Å². The van der Waals surface area contributed by atoms with Crippen molar-refractivity contribution in [2.24, 2.45) is 4.99 Å². The molecule has 2 N–H and O–H groups in total. The predicted molar refractivity (Wildman–Crippen MR) is 92.9 cm³/mol. The van der Waals surface area contributed by atoms with Gasteiger partial charge in [0, 0.05) is 32.0 Å². The highest BCUT2D eigenvalue weighted by molar-refractivity contribution is 5.80. The Morgan fingerprint density at radius 3 is 3.29 bits per heavy atom. The number of nitrogens with zero attached hydrogens (tertiary/aromatic N) is 4. The molecule has 0 spiro atoms. The molecule has 3 heterocycles. The summed E-state index contributed by atoms with van der Waals surface area (Å²) in [5, 5.41) is 11.2. The van der Waals surface area contributed by atoms with Gasteiger partial charge in [0.2, 0.25) is 0 Å². The van der Waals surface area contributed by atoms with Crippen LogP contribution in [0, 0.1) is 0 Å². The van der Waals surface area contributed by atoms with E-state index in [9.17, 15) is 0 Å². The summed E-state index contributed by atoms with van der Waals surface area (Å²) in [5.74, 6) is 2.94. The molecular weight excluding hydrogens is 304 g/mol. The second-order valence-corrected chi connectivity index (χ2v) is 6.08. The SMILES string of the molecule is CCCCN=C(NCCc1ccco1)NC1CCc2ncnn2C1. The molecule has 130 valence electrons. The largest absolute Gasteiger partial charge is 0.469 e. The van der Waals surface area contributed by atoms with Crippen molar-refractivity contribution in [3.8, 4) is 0 Å². The predicted octanol–water partition coefficient (Wildman–Crippen LogP) is 1.76. The van der Waals surface area contributed by atoms with Crippen LogP contribution in [0.3, 0.4) is 0 Å². The molecule has 0 radical (unpaired) electrons. The van der Waals surface area contributed by atoms with Gasteiger partial charge in [0.15, 0.2) is 5.96 Å². The summed E-state index contributed by atoms with van der Waals surface area (Å²) in [6.45, 7) is 4.66. The zero-order chi connectivity index (χ0) is 16.6. The van der Waals surface area contributed by atoms with E-state index in [-0.39, 0.29) is 0 Å². The molecule has 7 nitrogen and oxygen atoms in total. The van der Waals surface area contributed by atoms with Crippen molar-refractivity contribution >= 4 is 5.96 Å². The Labute approximate surface area is 142 Å². The normalized spacial score (nSPS) is 17.5. The van der Waals surface area contributed by atoms with Gasteiger partial charge in [-0.25, -0.2) is 9.67 Å². The monoisotopic (exact) mass is 330 g/mol. The zero-order valence-electron chi connectivity index (χ0n) is 14.2. The van der Waals surface area contributed by atoms with Crippen molar-refractivity contribution in [3.05, 3.63) is 36.3 Å². The Kier molecular flexibility index (Phi) is 5.87. The molecule has 0 bridgehead atoms. The lowest BCUT2D eigenvalue weighted by atomic mass is 10.1. The Hall–Kier alpha value is -2.31. The number of unbranched alkanes of at least 4 members (excludes halogenated alkanes) is 1. The maximum atomic E-state index is 5.38. The Bertz CT molecular complexity index is 633. The number of rotatable bonds is 7. The maximum absolute atomic E-state index is 5.38. The molecule has 1 unspecified atom stereocenters. The lowest BCUT2D eigenvalue weighted by molar-refractivity contribution is 0.392. The molecule has 0 amide bonds. The molecule has 24 heavy (non-hydrogen) atoms.